The molecule has 2 rings (SSSR count). The number of aryl methyl sites for hydroxylation is 1. The maximum atomic E-state index is 8.81. The van der Waals surface area contributed by atoms with Gasteiger partial charge in [-0.2, -0.15) is 5.26 Å². The van der Waals surface area contributed by atoms with Crippen LogP contribution >= 0.6 is 0 Å². The van der Waals surface area contributed by atoms with Gasteiger partial charge in [-0.1, -0.05) is 30.3 Å². The van der Waals surface area contributed by atoms with E-state index in [0.717, 1.165) is 18.5 Å². The van der Waals surface area contributed by atoms with Crippen molar-refractivity contribution in [1.82, 2.24) is 4.98 Å². The topological polar surface area (TPSA) is 48.7 Å². The van der Waals surface area contributed by atoms with Crippen molar-refractivity contribution in [3.05, 3.63) is 59.9 Å². The van der Waals surface area contributed by atoms with Crippen LogP contribution in [0.3, 0.4) is 0 Å². The van der Waals surface area contributed by atoms with E-state index >= 15 is 0 Å². The molecule has 0 saturated heterocycles. The summed E-state index contributed by atoms with van der Waals surface area (Å²) in [6, 6.07) is 16.5. The van der Waals surface area contributed by atoms with E-state index in [0.29, 0.717) is 11.7 Å². The highest BCUT2D eigenvalue weighted by atomic mass is 14.9. The van der Waals surface area contributed by atoms with Crippen molar-refractivity contribution in [2.45, 2.75) is 25.8 Å². The van der Waals surface area contributed by atoms with Crippen LogP contribution in [-0.2, 0) is 6.42 Å². The number of aromatic nitrogens is 1. The van der Waals surface area contributed by atoms with Gasteiger partial charge in [-0.3, -0.25) is 0 Å². The molecule has 1 unspecified atom stereocenters. The SMILES string of the molecule is CC(CCc1ccccc1)Nc1ccnc(C#N)c1. The van der Waals surface area contributed by atoms with E-state index < -0.39 is 0 Å². The molecule has 0 fully saturated rings. The Hall–Kier alpha value is -2.34. The van der Waals surface area contributed by atoms with Crippen LogP contribution in [0, 0.1) is 11.3 Å². The van der Waals surface area contributed by atoms with Gasteiger partial charge in [0.25, 0.3) is 0 Å². The number of hydrogen-bond donors (Lipinski definition) is 1. The minimum atomic E-state index is 0.356. The van der Waals surface area contributed by atoms with Crippen LogP contribution in [0.4, 0.5) is 5.69 Å². The predicted molar refractivity (Wildman–Crippen MR) is 76.8 cm³/mol. The first kappa shape index (κ1) is 13.1. The van der Waals surface area contributed by atoms with E-state index in [1.165, 1.54) is 5.56 Å². The molecule has 0 amide bonds. The lowest BCUT2D eigenvalue weighted by molar-refractivity contribution is 0.706. The molecule has 0 aliphatic heterocycles. The van der Waals surface area contributed by atoms with Crippen molar-refractivity contribution in [1.29, 1.82) is 5.26 Å². The Morgan fingerprint density at radius 1 is 1.26 bits per heavy atom. The number of nitrogens with zero attached hydrogens (tertiary/aromatic N) is 2. The first-order valence-electron chi connectivity index (χ1n) is 6.44. The normalized spacial score (nSPS) is 11.6. The molecule has 96 valence electrons. The van der Waals surface area contributed by atoms with Crippen LogP contribution in [0.5, 0.6) is 0 Å². The molecule has 3 nitrogen and oxygen atoms in total. The van der Waals surface area contributed by atoms with Crippen LogP contribution in [0.2, 0.25) is 0 Å². The van der Waals surface area contributed by atoms with Crippen LogP contribution in [0.25, 0.3) is 0 Å². The molecule has 19 heavy (non-hydrogen) atoms. The van der Waals surface area contributed by atoms with Gasteiger partial charge in [-0.05, 0) is 37.5 Å². The maximum absolute atomic E-state index is 8.81. The molecule has 1 N–H and O–H groups in total. The lowest BCUT2D eigenvalue weighted by Gasteiger charge is -2.15. The average molecular weight is 251 g/mol. The molecule has 0 aliphatic rings. The zero-order chi connectivity index (χ0) is 13.5. The Balaban J connectivity index is 1.87. The molecular weight excluding hydrogens is 234 g/mol. The van der Waals surface area contributed by atoms with Crippen LogP contribution in [0.15, 0.2) is 48.7 Å². The molecule has 1 aromatic heterocycles. The van der Waals surface area contributed by atoms with Crippen molar-refractivity contribution >= 4 is 5.69 Å². The quantitative estimate of drug-likeness (QED) is 0.886. The first-order valence-corrected chi connectivity index (χ1v) is 6.44. The summed E-state index contributed by atoms with van der Waals surface area (Å²) in [6.07, 6.45) is 3.75. The number of nitriles is 1. The highest BCUT2D eigenvalue weighted by Gasteiger charge is 2.03. The second-order valence-corrected chi connectivity index (χ2v) is 4.61. The van der Waals surface area contributed by atoms with Gasteiger partial charge >= 0.3 is 0 Å². The summed E-state index contributed by atoms with van der Waals surface area (Å²) < 4.78 is 0. The van der Waals surface area contributed by atoms with E-state index in [1.54, 1.807) is 12.3 Å². The molecule has 0 radical (unpaired) electrons. The number of nitrogens with one attached hydrogen (secondary N) is 1. The Morgan fingerprint density at radius 3 is 2.79 bits per heavy atom. The molecule has 2 aromatic rings. The zero-order valence-electron chi connectivity index (χ0n) is 11.0. The molecule has 0 saturated carbocycles. The summed E-state index contributed by atoms with van der Waals surface area (Å²) in [4.78, 5) is 3.96. The van der Waals surface area contributed by atoms with Gasteiger partial charge in [0, 0.05) is 17.9 Å². The predicted octanol–water partition coefficient (Wildman–Crippen LogP) is 3.39. The number of benzene rings is 1. The minimum absolute atomic E-state index is 0.356. The lowest BCUT2D eigenvalue weighted by atomic mass is 10.1. The lowest BCUT2D eigenvalue weighted by Crippen LogP contribution is -2.16. The van der Waals surface area contributed by atoms with Gasteiger partial charge in [0.15, 0.2) is 0 Å². The molecule has 3 heteroatoms. The molecule has 1 heterocycles. The fourth-order valence-electron chi connectivity index (χ4n) is 1.97. The summed E-state index contributed by atoms with van der Waals surface area (Å²) in [6.45, 7) is 2.15. The third-order valence-corrected chi connectivity index (χ3v) is 3.00. The van der Waals surface area contributed by atoms with Crippen molar-refractivity contribution in [2.75, 3.05) is 5.32 Å². The second kappa shape index (κ2) is 6.55. The summed E-state index contributed by atoms with van der Waals surface area (Å²) >= 11 is 0. The monoisotopic (exact) mass is 251 g/mol. The number of anilines is 1. The Morgan fingerprint density at radius 2 is 2.05 bits per heavy atom. The van der Waals surface area contributed by atoms with Crippen molar-refractivity contribution in [3.63, 3.8) is 0 Å². The van der Waals surface area contributed by atoms with Gasteiger partial charge in [0.2, 0.25) is 0 Å². The summed E-state index contributed by atoms with van der Waals surface area (Å²) in [5.74, 6) is 0. The van der Waals surface area contributed by atoms with Gasteiger partial charge in [0.05, 0.1) is 0 Å². The maximum Gasteiger partial charge on any atom is 0.142 e. The highest BCUT2D eigenvalue weighted by Crippen LogP contribution is 2.12. The molecule has 1 aromatic carbocycles. The van der Waals surface area contributed by atoms with Crippen LogP contribution < -0.4 is 5.32 Å². The standard InChI is InChI=1S/C16H17N3/c1-13(7-8-14-5-3-2-4-6-14)19-15-9-10-18-16(11-15)12-17/h2-6,9-11,13H,7-8H2,1H3,(H,18,19). The first-order chi connectivity index (χ1) is 9.28. The van der Waals surface area contributed by atoms with Crippen LogP contribution in [0.1, 0.15) is 24.6 Å². The molecule has 0 spiro atoms. The van der Waals surface area contributed by atoms with Crippen molar-refractivity contribution < 1.29 is 0 Å². The van der Waals surface area contributed by atoms with E-state index in [1.807, 2.05) is 18.2 Å². The molecule has 0 bridgehead atoms. The number of hydrogen-bond acceptors (Lipinski definition) is 3. The summed E-state index contributed by atoms with van der Waals surface area (Å²) in [5.41, 5.74) is 2.75. The fraction of sp³-hybridized carbons (Fsp3) is 0.250. The summed E-state index contributed by atoms with van der Waals surface area (Å²) in [5, 5.41) is 12.2. The molecule has 1 atom stereocenters. The van der Waals surface area contributed by atoms with Gasteiger partial charge in [-0.15, -0.1) is 0 Å². The third-order valence-electron chi connectivity index (χ3n) is 3.00. The van der Waals surface area contributed by atoms with Crippen molar-refractivity contribution in [3.8, 4) is 6.07 Å². The average Bonchev–Trinajstić information content (AvgIpc) is 2.46. The van der Waals surface area contributed by atoms with E-state index in [-0.39, 0.29) is 0 Å². The molecule has 0 aliphatic carbocycles. The van der Waals surface area contributed by atoms with E-state index in [2.05, 4.69) is 41.5 Å². The third kappa shape index (κ3) is 4.11. The molecular formula is C16H17N3. The van der Waals surface area contributed by atoms with Gasteiger partial charge in [-0.25, -0.2) is 4.98 Å². The Bertz CT molecular complexity index is 558. The number of pyridine rings is 1. The second-order valence-electron chi connectivity index (χ2n) is 4.61. The van der Waals surface area contributed by atoms with Crippen LogP contribution in [-0.4, -0.2) is 11.0 Å². The Labute approximate surface area is 113 Å². The minimum Gasteiger partial charge on any atom is -0.382 e. The van der Waals surface area contributed by atoms with Crippen molar-refractivity contribution in [2.24, 2.45) is 0 Å². The van der Waals surface area contributed by atoms with Gasteiger partial charge < -0.3 is 5.32 Å². The largest absolute Gasteiger partial charge is 0.382 e. The zero-order valence-corrected chi connectivity index (χ0v) is 11.0. The highest BCUT2D eigenvalue weighted by molar-refractivity contribution is 5.46. The fourth-order valence-corrected chi connectivity index (χ4v) is 1.97. The van der Waals surface area contributed by atoms with E-state index in [9.17, 15) is 0 Å². The van der Waals surface area contributed by atoms with E-state index in [4.69, 9.17) is 5.26 Å². The Kier molecular flexibility index (Phi) is 4.52. The smallest absolute Gasteiger partial charge is 0.142 e. The van der Waals surface area contributed by atoms with Gasteiger partial charge in [0.1, 0.15) is 11.8 Å². The summed E-state index contributed by atoms with van der Waals surface area (Å²) in [7, 11) is 0. The number of rotatable bonds is 5.